The van der Waals surface area contributed by atoms with Crippen LogP contribution in [0.1, 0.15) is 60.3 Å². The highest BCUT2D eigenvalue weighted by molar-refractivity contribution is 6.18. The van der Waals surface area contributed by atoms with Crippen LogP contribution < -0.4 is 4.57 Å². The molecule has 0 aliphatic carbocycles. The lowest BCUT2D eigenvalue weighted by atomic mass is 9.88. The number of aromatic amines is 1. The molecule has 0 aliphatic heterocycles. The van der Waals surface area contributed by atoms with Crippen LogP contribution >= 0.6 is 0 Å². The van der Waals surface area contributed by atoms with Crippen LogP contribution in [0.2, 0.25) is 0 Å². The minimum Gasteiger partial charge on any atom is -0.455 e. The number of nitrogens with one attached hydrogen (secondary N) is 1. The number of benzene rings is 7. The fourth-order valence-corrected chi connectivity index (χ4v) is 7.68. The zero-order valence-electron chi connectivity index (χ0n) is 31.1. The zero-order valence-corrected chi connectivity index (χ0v) is 28.1. The van der Waals surface area contributed by atoms with Crippen LogP contribution in [-0.4, -0.2) is 4.98 Å². The van der Waals surface area contributed by atoms with Gasteiger partial charge in [0.1, 0.15) is 16.8 Å². The predicted molar refractivity (Wildman–Crippen MR) is 206 cm³/mol. The molecule has 49 heavy (non-hydrogen) atoms. The standard InChI is InChI=1S/C46H38N2O/c1-27(2)36-24-33(30-13-7-6-8-14-30)25-37(28(3)4)44(36)48-41-18-12-11-17-40(41)47-46(48)35-22-19-29(5)43-39-23-32-21-20-31-15-9-10-16-34(31)38(32)26-42(39)49-45(35)43/h6-28H,1-5H3/p+1/i5D3. The number of H-pyrrole nitrogens is 1. The molecule has 0 spiro atoms. The molecule has 0 radical (unpaired) electrons. The van der Waals surface area contributed by atoms with Crippen molar-refractivity contribution in [1.82, 2.24) is 4.98 Å². The van der Waals surface area contributed by atoms with Gasteiger partial charge in [-0.15, -0.1) is 0 Å². The van der Waals surface area contributed by atoms with Crippen molar-refractivity contribution in [2.24, 2.45) is 0 Å². The number of hydrogen-bond acceptors (Lipinski definition) is 1. The molecule has 0 unspecified atom stereocenters. The first kappa shape index (κ1) is 26.3. The van der Waals surface area contributed by atoms with Gasteiger partial charge >= 0.3 is 0 Å². The second-order valence-electron chi connectivity index (χ2n) is 13.8. The highest BCUT2D eigenvalue weighted by atomic mass is 16.3. The quantitative estimate of drug-likeness (QED) is 0.148. The van der Waals surface area contributed by atoms with Crippen molar-refractivity contribution in [3.63, 3.8) is 0 Å². The number of furan rings is 1. The van der Waals surface area contributed by atoms with E-state index in [9.17, 15) is 0 Å². The minimum absolute atomic E-state index is 0.219. The molecule has 9 rings (SSSR count). The number of fused-ring (bicyclic) bond motifs is 7. The van der Waals surface area contributed by atoms with Crippen LogP contribution in [0.15, 0.2) is 132 Å². The van der Waals surface area contributed by atoms with Gasteiger partial charge < -0.3 is 4.42 Å². The normalized spacial score (nSPS) is 13.3. The molecule has 0 fully saturated rings. The number of aryl methyl sites for hydroxylation is 1. The second-order valence-corrected chi connectivity index (χ2v) is 13.8. The Morgan fingerprint density at radius 3 is 2.12 bits per heavy atom. The van der Waals surface area contributed by atoms with Crippen LogP contribution in [0.25, 0.3) is 82.7 Å². The van der Waals surface area contributed by atoms with Gasteiger partial charge in [0.25, 0.3) is 5.82 Å². The molecule has 0 saturated carbocycles. The molecule has 0 aliphatic rings. The van der Waals surface area contributed by atoms with Crippen molar-refractivity contribution in [2.75, 3.05) is 0 Å². The van der Waals surface area contributed by atoms with E-state index in [1.807, 2.05) is 24.3 Å². The average molecular weight is 639 g/mol. The van der Waals surface area contributed by atoms with Gasteiger partial charge in [-0.2, -0.15) is 4.57 Å². The first-order chi connectivity index (χ1) is 25.1. The molecule has 1 N–H and O–H groups in total. The molecule has 0 amide bonds. The molecule has 0 bridgehead atoms. The van der Waals surface area contributed by atoms with Gasteiger partial charge in [0.2, 0.25) is 0 Å². The van der Waals surface area contributed by atoms with Crippen LogP contribution in [0.3, 0.4) is 0 Å². The van der Waals surface area contributed by atoms with Gasteiger partial charge in [-0.3, -0.25) is 0 Å². The molecule has 238 valence electrons. The maximum atomic E-state index is 8.60. The summed E-state index contributed by atoms with van der Waals surface area (Å²) >= 11 is 0. The number of para-hydroxylation sites is 2. The number of aromatic nitrogens is 2. The molecule has 9 aromatic rings. The Kier molecular flexibility index (Phi) is 6.01. The second kappa shape index (κ2) is 11.2. The van der Waals surface area contributed by atoms with Gasteiger partial charge in [-0.25, -0.2) is 4.98 Å². The highest BCUT2D eigenvalue weighted by Crippen LogP contribution is 2.41. The van der Waals surface area contributed by atoms with E-state index in [2.05, 4.69) is 134 Å². The summed E-state index contributed by atoms with van der Waals surface area (Å²) < 4.78 is 35.0. The van der Waals surface area contributed by atoms with Gasteiger partial charge in [-0.05, 0) is 99.4 Å². The van der Waals surface area contributed by atoms with Crippen molar-refractivity contribution < 1.29 is 13.1 Å². The number of rotatable bonds is 5. The van der Waals surface area contributed by atoms with Crippen LogP contribution in [0.4, 0.5) is 0 Å². The number of imidazole rings is 1. The average Bonchev–Trinajstić information content (AvgIpc) is 3.71. The van der Waals surface area contributed by atoms with Crippen molar-refractivity contribution >= 4 is 54.5 Å². The summed E-state index contributed by atoms with van der Waals surface area (Å²) in [6, 6.07) is 44.0. The largest absolute Gasteiger partial charge is 0.455 e. The first-order valence-corrected chi connectivity index (χ1v) is 17.2. The van der Waals surface area contributed by atoms with E-state index in [4.69, 9.17) is 8.53 Å². The Morgan fingerprint density at radius 2 is 1.35 bits per heavy atom. The topological polar surface area (TPSA) is 32.8 Å². The van der Waals surface area contributed by atoms with Crippen molar-refractivity contribution in [3.8, 4) is 28.2 Å². The fourth-order valence-electron chi connectivity index (χ4n) is 7.68. The van der Waals surface area contributed by atoms with Crippen LogP contribution in [-0.2, 0) is 0 Å². The number of hydrogen-bond donors (Lipinski definition) is 1. The lowest BCUT2D eigenvalue weighted by Gasteiger charge is -2.20. The lowest BCUT2D eigenvalue weighted by Crippen LogP contribution is -2.35. The van der Waals surface area contributed by atoms with Crippen LogP contribution in [0, 0.1) is 6.85 Å². The summed E-state index contributed by atoms with van der Waals surface area (Å²) in [5.74, 6) is 1.28. The van der Waals surface area contributed by atoms with Crippen molar-refractivity contribution in [3.05, 3.63) is 144 Å². The lowest BCUT2D eigenvalue weighted by molar-refractivity contribution is -0.556. The molecule has 7 aromatic carbocycles. The zero-order chi connectivity index (χ0) is 35.9. The van der Waals surface area contributed by atoms with E-state index in [0.29, 0.717) is 16.6 Å². The highest BCUT2D eigenvalue weighted by Gasteiger charge is 2.31. The molecule has 3 nitrogen and oxygen atoms in total. The monoisotopic (exact) mass is 638 g/mol. The Hall–Kier alpha value is -5.67. The van der Waals surface area contributed by atoms with Crippen molar-refractivity contribution in [2.45, 2.75) is 46.4 Å². The third-order valence-corrected chi connectivity index (χ3v) is 10.1. The smallest absolute Gasteiger partial charge is 0.296 e. The fraction of sp³-hybridized carbons (Fsp3) is 0.152. The molecule has 2 heterocycles. The molecule has 0 atom stereocenters. The maximum absolute atomic E-state index is 8.60. The van der Waals surface area contributed by atoms with Crippen LogP contribution in [0.5, 0.6) is 0 Å². The SMILES string of the molecule is [2H]C([2H])([2H])c1ccc(-c2[nH]c3ccccc3[n+]2-c2c(C(C)C)cc(-c3ccccc3)cc2C(C)C)c2oc3cc4c(ccc5ccccc54)cc3c12. The minimum atomic E-state index is -2.34. The van der Waals surface area contributed by atoms with Gasteiger partial charge in [0.05, 0.1) is 0 Å². The van der Waals surface area contributed by atoms with E-state index < -0.39 is 6.85 Å². The van der Waals surface area contributed by atoms with E-state index in [-0.39, 0.29) is 17.4 Å². The Balaban J connectivity index is 1.40. The molecule has 0 saturated heterocycles. The Morgan fingerprint density at radius 1 is 0.633 bits per heavy atom. The first-order valence-electron chi connectivity index (χ1n) is 18.7. The third kappa shape index (κ3) is 4.60. The third-order valence-electron chi connectivity index (χ3n) is 10.1. The summed E-state index contributed by atoms with van der Waals surface area (Å²) in [5, 5.41) is 5.82. The molecule has 2 aromatic heterocycles. The van der Waals surface area contributed by atoms with E-state index in [0.717, 1.165) is 55.0 Å². The molecular formula is C46H39N2O+. The van der Waals surface area contributed by atoms with E-state index in [1.165, 1.54) is 22.3 Å². The Labute approximate surface area is 290 Å². The maximum Gasteiger partial charge on any atom is 0.296 e. The molecular weight excluding hydrogens is 597 g/mol. The number of nitrogens with zero attached hydrogens (tertiary/aromatic N) is 1. The molecule has 3 heteroatoms. The summed E-state index contributed by atoms with van der Waals surface area (Å²) in [5.41, 5.74) is 10.3. The summed E-state index contributed by atoms with van der Waals surface area (Å²) in [6.45, 7) is 6.67. The summed E-state index contributed by atoms with van der Waals surface area (Å²) in [6.07, 6.45) is 0. The predicted octanol–water partition coefficient (Wildman–Crippen LogP) is 12.5. The van der Waals surface area contributed by atoms with E-state index in [1.54, 1.807) is 6.07 Å². The van der Waals surface area contributed by atoms with Gasteiger partial charge in [0, 0.05) is 26.0 Å². The van der Waals surface area contributed by atoms with Crippen molar-refractivity contribution in [1.29, 1.82) is 0 Å². The summed E-state index contributed by atoms with van der Waals surface area (Å²) in [7, 11) is 0. The van der Waals surface area contributed by atoms with Gasteiger partial charge in [0.15, 0.2) is 16.6 Å². The Bertz CT molecular complexity index is 2810. The van der Waals surface area contributed by atoms with E-state index >= 15 is 0 Å². The summed E-state index contributed by atoms with van der Waals surface area (Å²) in [4.78, 5) is 3.77. The van der Waals surface area contributed by atoms with Gasteiger partial charge in [-0.1, -0.05) is 113 Å².